The number of hydrogen-bond donors (Lipinski definition) is 1. The van der Waals surface area contributed by atoms with Crippen LogP contribution in [0.15, 0.2) is 29.2 Å². The van der Waals surface area contributed by atoms with Crippen molar-refractivity contribution in [2.45, 2.75) is 17.2 Å². The first-order valence-electron chi connectivity index (χ1n) is 5.08. The highest BCUT2D eigenvalue weighted by Gasteiger charge is 2.27. The normalized spacial score (nSPS) is 13.6. The summed E-state index contributed by atoms with van der Waals surface area (Å²) < 4.78 is 39.7. The molecule has 1 atom stereocenters. The second-order valence-electron chi connectivity index (χ2n) is 3.55. The first-order valence-corrected chi connectivity index (χ1v) is 6.44. The third-order valence-electron chi connectivity index (χ3n) is 1.81. The van der Waals surface area contributed by atoms with Crippen LogP contribution in [0, 0.1) is 0 Å². The highest BCUT2D eigenvalue weighted by Crippen LogP contribution is 2.22. The SMILES string of the molecule is OC(COCC(F)(F)F)CSc1cccc(Cl)c1. The monoisotopic (exact) mass is 300 g/mol. The van der Waals surface area contributed by atoms with Crippen LogP contribution in [0.25, 0.3) is 0 Å². The molecule has 1 unspecified atom stereocenters. The number of aliphatic hydroxyl groups is 1. The van der Waals surface area contributed by atoms with Crippen LogP contribution < -0.4 is 0 Å². The molecule has 0 radical (unpaired) electrons. The van der Waals surface area contributed by atoms with Crippen molar-refractivity contribution in [1.29, 1.82) is 0 Å². The van der Waals surface area contributed by atoms with Gasteiger partial charge in [0, 0.05) is 15.7 Å². The maximum absolute atomic E-state index is 11.8. The summed E-state index contributed by atoms with van der Waals surface area (Å²) in [6.45, 7) is -1.68. The number of hydrogen-bond acceptors (Lipinski definition) is 3. The van der Waals surface area contributed by atoms with Crippen LogP contribution >= 0.6 is 23.4 Å². The Bertz CT molecular complexity index is 374. The van der Waals surface area contributed by atoms with Gasteiger partial charge in [0.2, 0.25) is 0 Å². The van der Waals surface area contributed by atoms with Gasteiger partial charge in [-0.25, -0.2) is 0 Å². The number of ether oxygens (including phenoxy) is 1. The largest absolute Gasteiger partial charge is 0.411 e. The van der Waals surface area contributed by atoms with Crippen LogP contribution in [-0.2, 0) is 4.74 Å². The van der Waals surface area contributed by atoms with Crippen molar-refractivity contribution in [3.8, 4) is 0 Å². The lowest BCUT2D eigenvalue weighted by Gasteiger charge is -2.12. The van der Waals surface area contributed by atoms with Gasteiger partial charge < -0.3 is 9.84 Å². The number of aliphatic hydroxyl groups excluding tert-OH is 1. The predicted octanol–water partition coefficient (Wildman–Crippen LogP) is 3.37. The fourth-order valence-electron chi connectivity index (χ4n) is 1.11. The van der Waals surface area contributed by atoms with Gasteiger partial charge in [0.05, 0.1) is 12.7 Å². The Hall–Kier alpha value is -0.430. The molecule has 18 heavy (non-hydrogen) atoms. The Morgan fingerprint density at radius 3 is 2.72 bits per heavy atom. The molecule has 7 heteroatoms. The van der Waals surface area contributed by atoms with Gasteiger partial charge in [-0.15, -0.1) is 11.8 Å². The molecule has 0 saturated carbocycles. The molecule has 1 aromatic carbocycles. The molecule has 0 aliphatic heterocycles. The molecule has 1 N–H and O–H groups in total. The summed E-state index contributed by atoms with van der Waals surface area (Å²) in [6, 6.07) is 7.00. The maximum atomic E-state index is 11.8. The molecule has 0 bridgehead atoms. The topological polar surface area (TPSA) is 29.5 Å². The summed E-state index contributed by atoms with van der Waals surface area (Å²) in [5, 5.41) is 10.0. The minimum atomic E-state index is -4.36. The third kappa shape index (κ3) is 7.10. The van der Waals surface area contributed by atoms with Gasteiger partial charge in [-0.1, -0.05) is 17.7 Å². The zero-order chi connectivity index (χ0) is 13.6. The molecule has 0 aromatic heterocycles. The first-order chi connectivity index (χ1) is 8.37. The fourth-order valence-corrected chi connectivity index (χ4v) is 2.23. The van der Waals surface area contributed by atoms with Crippen LogP contribution in [0.1, 0.15) is 0 Å². The van der Waals surface area contributed by atoms with Gasteiger partial charge in [0.15, 0.2) is 0 Å². The Labute approximate surface area is 112 Å². The number of benzene rings is 1. The lowest BCUT2D eigenvalue weighted by molar-refractivity contribution is -0.178. The van der Waals surface area contributed by atoms with Crippen molar-refractivity contribution in [2.24, 2.45) is 0 Å². The van der Waals surface area contributed by atoms with Crippen molar-refractivity contribution in [3.05, 3.63) is 29.3 Å². The molecule has 0 heterocycles. The van der Waals surface area contributed by atoms with Crippen LogP contribution in [0.3, 0.4) is 0 Å². The van der Waals surface area contributed by atoms with E-state index in [1.807, 2.05) is 0 Å². The van der Waals surface area contributed by atoms with Crippen LogP contribution in [0.5, 0.6) is 0 Å². The third-order valence-corrected chi connectivity index (χ3v) is 3.19. The van der Waals surface area contributed by atoms with E-state index in [0.29, 0.717) is 5.02 Å². The van der Waals surface area contributed by atoms with E-state index in [9.17, 15) is 18.3 Å². The number of halogens is 4. The van der Waals surface area contributed by atoms with Gasteiger partial charge in [-0.05, 0) is 18.2 Å². The summed E-state index contributed by atoms with van der Waals surface area (Å²) in [5.41, 5.74) is 0. The minimum absolute atomic E-state index is 0.248. The maximum Gasteiger partial charge on any atom is 0.411 e. The molecular formula is C11H12ClF3O2S. The van der Waals surface area contributed by atoms with Gasteiger partial charge in [-0.3, -0.25) is 0 Å². The van der Waals surface area contributed by atoms with E-state index in [2.05, 4.69) is 4.74 Å². The van der Waals surface area contributed by atoms with Crippen molar-refractivity contribution < 1.29 is 23.0 Å². The van der Waals surface area contributed by atoms with Crippen LogP contribution in [0.2, 0.25) is 5.02 Å². The molecule has 0 amide bonds. The average molecular weight is 301 g/mol. The van der Waals surface area contributed by atoms with Gasteiger partial charge in [-0.2, -0.15) is 13.2 Å². The average Bonchev–Trinajstić information content (AvgIpc) is 2.25. The summed E-state index contributed by atoms with van der Waals surface area (Å²) >= 11 is 7.07. The Kier molecular flexibility index (Phi) is 6.28. The second kappa shape index (κ2) is 7.23. The van der Waals surface area contributed by atoms with E-state index in [1.165, 1.54) is 11.8 Å². The van der Waals surface area contributed by atoms with Crippen molar-refractivity contribution in [2.75, 3.05) is 19.0 Å². The molecule has 0 fully saturated rings. The predicted molar refractivity (Wildman–Crippen MR) is 65.1 cm³/mol. The molecule has 0 saturated heterocycles. The summed E-state index contributed by atoms with van der Waals surface area (Å²) in [7, 11) is 0. The number of rotatable bonds is 6. The molecule has 102 valence electrons. The quantitative estimate of drug-likeness (QED) is 0.817. The fraction of sp³-hybridized carbons (Fsp3) is 0.455. The molecule has 1 rings (SSSR count). The number of thioether (sulfide) groups is 1. The molecule has 1 aromatic rings. The van der Waals surface area contributed by atoms with Crippen molar-refractivity contribution in [1.82, 2.24) is 0 Å². The summed E-state index contributed by atoms with van der Waals surface area (Å²) in [6.07, 6.45) is -5.31. The smallest absolute Gasteiger partial charge is 0.390 e. The molecular weight excluding hydrogens is 289 g/mol. The zero-order valence-electron chi connectivity index (χ0n) is 9.28. The van der Waals surface area contributed by atoms with E-state index in [1.54, 1.807) is 24.3 Å². The lowest BCUT2D eigenvalue weighted by atomic mass is 10.4. The minimum Gasteiger partial charge on any atom is -0.390 e. The first kappa shape index (κ1) is 15.6. The van der Waals surface area contributed by atoms with Crippen molar-refractivity contribution >= 4 is 23.4 Å². The molecule has 0 aliphatic carbocycles. The summed E-state index contributed by atoms with van der Waals surface area (Å²) in [5.74, 6) is 0.248. The lowest BCUT2D eigenvalue weighted by Crippen LogP contribution is -2.24. The molecule has 0 spiro atoms. The van der Waals surface area contributed by atoms with Gasteiger partial charge in [0.25, 0.3) is 0 Å². The molecule has 0 aliphatic rings. The van der Waals surface area contributed by atoms with Crippen molar-refractivity contribution in [3.63, 3.8) is 0 Å². The summed E-state index contributed by atoms with van der Waals surface area (Å²) in [4.78, 5) is 0.845. The van der Waals surface area contributed by atoms with Gasteiger partial charge in [0.1, 0.15) is 6.61 Å². The standard InChI is InChI=1S/C11H12ClF3O2S/c12-8-2-1-3-10(4-8)18-6-9(16)5-17-7-11(13,14)15/h1-4,9,16H,5-7H2. The van der Waals surface area contributed by atoms with Gasteiger partial charge >= 0.3 is 6.18 Å². The zero-order valence-corrected chi connectivity index (χ0v) is 10.9. The van der Waals surface area contributed by atoms with Crippen LogP contribution in [0.4, 0.5) is 13.2 Å². The van der Waals surface area contributed by atoms with E-state index in [-0.39, 0.29) is 12.4 Å². The highest BCUT2D eigenvalue weighted by molar-refractivity contribution is 7.99. The number of alkyl halides is 3. The molecule has 2 nitrogen and oxygen atoms in total. The highest BCUT2D eigenvalue weighted by atomic mass is 35.5. The van der Waals surface area contributed by atoms with E-state index < -0.39 is 18.9 Å². The Morgan fingerprint density at radius 1 is 1.39 bits per heavy atom. The van der Waals surface area contributed by atoms with E-state index in [0.717, 1.165) is 4.90 Å². The Balaban J connectivity index is 2.23. The Morgan fingerprint density at radius 2 is 2.11 bits per heavy atom. The van der Waals surface area contributed by atoms with E-state index in [4.69, 9.17) is 11.6 Å². The van der Waals surface area contributed by atoms with Crippen LogP contribution in [-0.4, -0.2) is 36.4 Å². The van der Waals surface area contributed by atoms with E-state index >= 15 is 0 Å². The second-order valence-corrected chi connectivity index (χ2v) is 5.08.